The van der Waals surface area contributed by atoms with Crippen molar-refractivity contribution in [2.75, 3.05) is 13.7 Å². The maximum atomic E-state index is 13.2. The van der Waals surface area contributed by atoms with Crippen LogP contribution in [0, 0.1) is 17.1 Å². The summed E-state index contributed by atoms with van der Waals surface area (Å²) in [4.78, 5) is 0. The zero-order valence-electron chi connectivity index (χ0n) is 11.8. The molecule has 0 heterocycles. The molecule has 0 saturated carbocycles. The highest BCUT2D eigenvalue weighted by atomic mass is 19.1. The molecule has 2 rings (SSSR count). The lowest BCUT2D eigenvalue weighted by Crippen LogP contribution is -2.22. The van der Waals surface area contributed by atoms with E-state index in [4.69, 9.17) is 4.74 Å². The van der Waals surface area contributed by atoms with Gasteiger partial charge < -0.3 is 4.74 Å². The van der Waals surface area contributed by atoms with Crippen LogP contribution in [0.25, 0.3) is 0 Å². The largest absolute Gasteiger partial charge is 0.497 e. The Morgan fingerprint density at radius 2 is 2.00 bits per heavy atom. The van der Waals surface area contributed by atoms with Gasteiger partial charge in [0.15, 0.2) is 0 Å². The van der Waals surface area contributed by atoms with Crippen LogP contribution < -0.4 is 10.1 Å². The Hall–Kier alpha value is -2.38. The highest BCUT2D eigenvalue weighted by Gasteiger charge is 2.10. The molecule has 0 bridgehead atoms. The number of hydrogen-bond acceptors (Lipinski definition) is 3. The third-order valence-corrected chi connectivity index (χ3v) is 3.23. The topological polar surface area (TPSA) is 45.0 Å². The van der Waals surface area contributed by atoms with Gasteiger partial charge in [0.2, 0.25) is 0 Å². The lowest BCUT2D eigenvalue weighted by atomic mass is 10.1. The Morgan fingerprint density at radius 3 is 2.62 bits per heavy atom. The quantitative estimate of drug-likeness (QED) is 0.885. The van der Waals surface area contributed by atoms with Crippen molar-refractivity contribution >= 4 is 0 Å². The third-order valence-electron chi connectivity index (χ3n) is 3.23. The van der Waals surface area contributed by atoms with Crippen molar-refractivity contribution in [2.45, 2.75) is 12.5 Å². The predicted octanol–water partition coefficient (Wildman–Crippen LogP) is 3.23. The van der Waals surface area contributed by atoms with Crippen LogP contribution in [-0.2, 0) is 6.42 Å². The van der Waals surface area contributed by atoms with E-state index in [0.717, 1.165) is 17.7 Å². The first-order chi connectivity index (χ1) is 10.2. The van der Waals surface area contributed by atoms with Crippen molar-refractivity contribution in [1.29, 1.82) is 5.26 Å². The SMILES string of the molecule is COc1ccc(CCNC(C#N)c2cccc(F)c2)cc1. The predicted molar refractivity (Wildman–Crippen MR) is 79.5 cm³/mol. The number of nitriles is 1. The fourth-order valence-corrected chi connectivity index (χ4v) is 2.08. The maximum Gasteiger partial charge on any atom is 0.123 e. The first kappa shape index (κ1) is 15.0. The number of nitrogens with zero attached hydrogens (tertiary/aromatic N) is 1. The fourth-order valence-electron chi connectivity index (χ4n) is 2.08. The molecule has 4 heteroatoms. The van der Waals surface area contributed by atoms with Crippen LogP contribution in [0.1, 0.15) is 17.2 Å². The zero-order valence-corrected chi connectivity index (χ0v) is 11.8. The highest BCUT2D eigenvalue weighted by Crippen LogP contribution is 2.14. The molecule has 0 spiro atoms. The second-order valence-electron chi connectivity index (χ2n) is 4.67. The highest BCUT2D eigenvalue weighted by molar-refractivity contribution is 5.28. The van der Waals surface area contributed by atoms with Gasteiger partial charge in [-0.25, -0.2) is 4.39 Å². The summed E-state index contributed by atoms with van der Waals surface area (Å²) in [5, 5.41) is 12.3. The van der Waals surface area contributed by atoms with Crippen LogP contribution in [0.5, 0.6) is 5.75 Å². The summed E-state index contributed by atoms with van der Waals surface area (Å²) in [5.41, 5.74) is 1.80. The zero-order chi connectivity index (χ0) is 15.1. The molecule has 0 amide bonds. The maximum absolute atomic E-state index is 13.2. The molecule has 2 aromatic rings. The average molecular weight is 284 g/mol. The lowest BCUT2D eigenvalue weighted by Gasteiger charge is -2.12. The molecule has 1 unspecified atom stereocenters. The Kier molecular flexibility index (Phi) is 5.30. The summed E-state index contributed by atoms with van der Waals surface area (Å²) in [6.45, 7) is 0.640. The molecule has 1 atom stereocenters. The van der Waals surface area contributed by atoms with Crippen molar-refractivity contribution < 1.29 is 9.13 Å². The number of methoxy groups -OCH3 is 1. The van der Waals surface area contributed by atoms with E-state index in [9.17, 15) is 9.65 Å². The van der Waals surface area contributed by atoms with Gasteiger partial charge in [0.05, 0.1) is 13.2 Å². The molecule has 1 N–H and O–H groups in total. The van der Waals surface area contributed by atoms with Gasteiger partial charge in [-0.1, -0.05) is 24.3 Å². The van der Waals surface area contributed by atoms with Gasteiger partial charge in [0, 0.05) is 6.54 Å². The van der Waals surface area contributed by atoms with Crippen LogP contribution in [0.2, 0.25) is 0 Å². The van der Waals surface area contributed by atoms with Crippen molar-refractivity contribution in [3.05, 3.63) is 65.5 Å². The molecule has 0 aliphatic heterocycles. The van der Waals surface area contributed by atoms with Gasteiger partial charge >= 0.3 is 0 Å². The lowest BCUT2D eigenvalue weighted by molar-refractivity contribution is 0.414. The normalized spacial score (nSPS) is 11.7. The second-order valence-corrected chi connectivity index (χ2v) is 4.67. The molecule has 0 aliphatic carbocycles. The van der Waals surface area contributed by atoms with Gasteiger partial charge in [-0.05, 0) is 41.8 Å². The summed E-state index contributed by atoms with van der Waals surface area (Å²) >= 11 is 0. The van der Waals surface area contributed by atoms with E-state index in [-0.39, 0.29) is 5.82 Å². The second kappa shape index (κ2) is 7.41. The summed E-state index contributed by atoms with van der Waals surface area (Å²) in [6, 6.07) is 15.6. The van der Waals surface area contributed by atoms with Crippen LogP contribution in [0.3, 0.4) is 0 Å². The molecule has 0 fully saturated rings. The minimum Gasteiger partial charge on any atom is -0.497 e. The molecule has 0 radical (unpaired) electrons. The van der Waals surface area contributed by atoms with Gasteiger partial charge in [0.1, 0.15) is 17.6 Å². The van der Waals surface area contributed by atoms with Crippen molar-refractivity contribution in [3.63, 3.8) is 0 Å². The number of rotatable bonds is 6. The standard InChI is InChI=1S/C17H17FN2O/c1-21-16-7-5-13(6-8-16)9-10-20-17(12-19)14-3-2-4-15(18)11-14/h2-8,11,17,20H,9-10H2,1H3. The molecule has 0 aliphatic rings. The van der Waals surface area contributed by atoms with Crippen LogP contribution in [0.15, 0.2) is 48.5 Å². The number of nitrogens with one attached hydrogen (secondary N) is 1. The molecule has 3 nitrogen and oxygen atoms in total. The Balaban J connectivity index is 1.90. The van der Waals surface area contributed by atoms with E-state index >= 15 is 0 Å². The van der Waals surface area contributed by atoms with Crippen LogP contribution in [-0.4, -0.2) is 13.7 Å². The number of benzene rings is 2. The van der Waals surface area contributed by atoms with E-state index in [0.29, 0.717) is 12.1 Å². The molecule has 21 heavy (non-hydrogen) atoms. The van der Waals surface area contributed by atoms with E-state index in [1.54, 1.807) is 19.2 Å². The van der Waals surface area contributed by atoms with Crippen molar-refractivity contribution in [1.82, 2.24) is 5.32 Å². The Morgan fingerprint density at radius 1 is 1.24 bits per heavy atom. The van der Waals surface area contributed by atoms with E-state index in [1.807, 2.05) is 24.3 Å². The molecule has 0 aromatic heterocycles. The number of hydrogen-bond donors (Lipinski definition) is 1. The Labute approximate surface area is 124 Å². The fraction of sp³-hybridized carbons (Fsp3) is 0.235. The summed E-state index contributed by atoms with van der Waals surface area (Å²) < 4.78 is 18.3. The first-order valence-electron chi connectivity index (χ1n) is 6.74. The summed E-state index contributed by atoms with van der Waals surface area (Å²) in [5.74, 6) is 0.492. The van der Waals surface area contributed by atoms with Crippen molar-refractivity contribution in [3.8, 4) is 11.8 Å². The Bertz CT molecular complexity index is 619. The van der Waals surface area contributed by atoms with Gasteiger partial charge in [-0.3, -0.25) is 5.32 Å². The van der Waals surface area contributed by atoms with E-state index in [1.165, 1.54) is 12.1 Å². The molecule has 108 valence electrons. The van der Waals surface area contributed by atoms with E-state index < -0.39 is 6.04 Å². The minimum atomic E-state index is -0.501. The van der Waals surface area contributed by atoms with Crippen molar-refractivity contribution in [2.24, 2.45) is 0 Å². The third kappa shape index (κ3) is 4.30. The monoisotopic (exact) mass is 284 g/mol. The van der Waals surface area contributed by atoms with E-state index in [2.05, 4.69) is 11.4 Å². The summed E-state index contributed by atoms with van der Waals surface area (Å²) in [7, 11) is 1.63. The number of ether oxygens (including phenoxy) is 1. The smallest absolute Gasteiger partial charge is 0.123 e. The number of halogens is 1. The van der Waals surface area contributed by atoms with Gasteiger partial charge in [-0.2, -0.15) is 5.26 Å². The first-order valence-corrected chi connectivity index (χ1v) is 6.74. The average Bonchev–Trinajstić information content (AvgIpc) is 2.52. The van der Waals surface area contributed by atoms with Gasteiger partial charge in [0.25, 0.3) is 0 Å². The van der Waals surface area contributed by atoms with Crippen LogP contribution >= 0.6 is 0 Å². The molecular weight excluding hydrogens is 267 g/mol. The molecular formula is C17H17FN2O. The minimum absolute atomic E-state index is 0.329. The molecule has 0 saturated heterocycles. The van der Waals surface area contributed by atoms with Crippen LogP contribution in [0.4, 0.5) is 4.39 Å². The summed E-state index contributed by atoms with van der Waals surface area (Å²) in [6.07, 6.45) is 0.789. The van der Waals surface area contributed by atoms with Gasteiger partial charge in [-0.15, -0.1) is 0 Å². The molecule has 2 aromatic carbocycles.